The first kappa shape index (κ1) is 13.0. The lowest BCUT2D eigenvalue weighted by atomic mass is 10.1. The van der Waals surface area contributed by atoms with Crippen LogP contribution in [-0.2, 0) is 11.2 Å². The van der Waals surface area contributed by atoms with Crippen LogP contribution in [0, 0.1) is 5.82 Å². The molecule has 0 aliphatic heterocycles. The van der Waals surface area contributed by atoms with Crippen molar-refractivity contribution >= 4 is 17.5 Å². The van der Waals surface area contributed by atoms with Crippen LogP contribution in [0.25, 0.3) is 0 Å². The van der Waals surface area contributed by atoms with Crippen molar-refractivity contribution in [2.45, 2.75) is 23.7 Å². The van der Waals surface area contributed by atoms with Gasteiger partial charge in [0.05, 0.1) is 0 Å². The first-order valence-electron chi connectivity index (χ1n) is 4.31. The lowest BCUT2D eigenvalue weighted by Crippen LogP contribution is -2.04. The molecule has 0 unspecified atom stereocenters. The van der Waals surface area contributed by atoms with Gasteiger partial charge < -0.3 is 0 Å². The minimum absolute atomic E-state index is 0.126. The van der Waals surface area contributed by atoms with E-state index in [0.29, 0.717) is 0 Å². The Kier molecular flexibility index (Phi) is 3.96. The van der Waals surface area contributed by atoms with E-state index in [0.717, 1.165) is 12.1 Å². The molecule has 1 aromatic rings. The molecule has 0 aromatic heterocycles. The number of carbonyl (C=O) groups excluding carboxylic acids is 1. The lowest BCUT2D eigenvalue weighted by Gasteiger charge is -2.10. The van der Waals surface area contributed by atoms with E-state index in [1.165, 1.54) is 13.0 Å². The standard InChI is InChI=1S/C10H8F4OS/c1-6(15)4-7-2-3-8(11)5-9(7)16-10(12,13)14/h2-3,5H,4H2,1H3. The molecule has 0 fully saturated rings. The number of benzene rings is 1. The van der Waals surface area contributed by atoms with Crippen molar-refractivity contribution in [3.8, 4) is 0 Å². The summed E-state index contributed by atoms with van der Waals surface area (Å²) < 4.78 is 49.2. The molecule has 1 aromatic carbocycles. The van der Waals surface area contributed by atoms with E-state index in [1.807, 2.05) is 0 Å². The van der Waals surface area contributed by atoms with Crippen LogP contribution in [0.3, 0.4) is 0 Å². The molecule has 16 heavy (non-hydrogen) atoms. The Bertz CT molecular complexity index is 400. The second-order valence-electron chi connectivity index (χ2n) is 3.18. The summed E-state index contributed by atoms with van der Waals surface area (Å²) in [7, 11) is 0. The number of halogens is 4. The van der Waals surface area contributed by atoms with Crippen molar-refractivity contribution in [2.24, 2.45) is 0 Å². The highest BCUT2D eigenvalue weighted by atomic mass is 32.2. The van der Waals surface area contributed by atoms with Crippen molar-refractivity contribution < 1.29 is 22.4 Å². The topological polar surface area (TPSA) is 17.1 Å². The molecule has 0 heterocycles. The summed E-state index contributed by atoms with van der Waals surface area (Å²) in [6, 6.07) is 3.03. The van der Waals surface area contributed by atoms with E-state index in [2.05, 4.69) is 0 Å². The van der Waals surface area contributed by atoms with Crippen LogP contribution in [0.15, 0.2) is 23.1 Å². The Morgan fingerprint density at radius 3 is 2.50 bits per heavy atom. The third-order valence-corrected chi connectivity index (χ3v) is 2.53. The molecule has 0 aliphatic carbocycles. The zero-order valence-electron chi connectivity index (χ0n) is 8.27. The van der Waals surface area contributed by atoms with Gasteiger partial charge >= 0.3 is 5.51 Å². The van der Waals surface area contributed by atoms with Crippen LogP contribution in [0.1, 0.15) is 12.5 Å². The number of Topliss-reactive ketones (excluding diaryl/α,β-unsaturated/α-hetero) is 1. The van der Waals surface area contributed by atoms with Crippen LogP contribution in [0.5, 0.6) is 0 Å². The molecule has 0 aliphatic rings. The maximum atomic E-state index is 12.8. The second kappa shape index (κ2) is 4.86. The van der Waals surface area contributed by atoms with Gasteiger partial charge in [-0.3, -0.25) is 4.79 Å². The fraction of sp³-hybridized carbons (Fsp3) is 0.300. The summed E-state index contributed by atoms with van der Waals surface area (Å²) in [5, 5.41) is 0. The van der Waals surface area contributed by atoms with Crippen molar-refractivity contribution in [2.75, 3.05) is 0 Å². The van der Waals surface area contributed by atoms with E-state index in [9.17, 15) is 22.4 Å². The summed E-state index contributed by atoms with van der Waals surface area (Å²) in [6.45, 7) is 1.27. The predicted molar refractivity (Wildman–Crippen MR) is 52.7 cm³/mol. The normalized spacial score (nSPS) is 11.6. The molecule has 0 radical (unpaired) electrons. The van der Waals surface area contributed by atoms with E-state index in [4.69, 9.17) is 0 Å². The largest absolute Gasteiger partial charge is 0.446 e. The second-order valence-corrected chi connectivity index (χ2v) is 4.29. The van der Waals surface area contributed by atoms with Gasteiger partial charge in [0.2, 0.25) is 0 Å². The Morgan fingerprint density at radius 2 is 2.00 bits per heavy atom. The minimum Gasteiger partial charge on any atom is -0.300 e. The number of carbonyl (C=O) groups is 1. The number of thioether (sulfide) groups is 1. The van der Waals surface area contributed by atoms with Gasteiger partial charge in [-0.15, -0.1) is 0 Å². The van der Waals surface area contributed by atoms with Gasteiger partial charge in [-0.1, -0.05) is 6.07 Å². The van der Waals surface area contributed by atoms with Crippen molar-refractivity contribution in [3.63, 3.8) is 0 Å². The van der Waals surface area contributed by atoms with Crippen LogP contribution >= 0.6 is 11.8 Å². The Balaban J connectivity index is 3.03. The van der Waals surface area contributed by atoms with E-state index in [-0.39, 0.29) is 22.7 Å². The van der Waals surface area contributed by atoms with Gasteiger partial charge in [-0.2, -0.15) is 13.2 Å². The molecule has 0 saturated heterocycles. The first-order valence-corrected chi connectivity index (χ1v) is 5.13. The summed E-state index contributed by atoms with van der Waals surface area (Å²) in [6.07, 6.45) is -0.126. The zero-order chi connectivity index (χ0) is 12.3. The highest BCUT2D eigenvalue weighted by Crippen LogP contribution is 2.38. The summed E-state index contributed by atoms with van der Waals surface area (Å²) in [5.74, 6) is -1.02. The molecular formula is C10H8F4OS. The summed E-state index contributed by atoms with van der Waals surface area (Å²) in [5.41, 5.74) is -4.30. The molecular weight excluding hydrogens is 244 g/mol. The van der Waals surface area contributed by atoms with E-state index in [1.54, 1.807) is 0 Å². The molecule has 0 N–H and O–H groups in total. The minimum atomic E-state index is -4.49. The fourth-order valence-corrected chi connectivity index (χ4v) is 1.85. The molecule has 88 valence electrons. The first-order chi connectivity index (χ1) is 7.28. The maximum Gasteiger partial charge on any atom is 0.446 e. The van der Waals surface area contributed by atoms with Gasteiger partial charge in [-0.05, 0) is 36.4 Å². The average Bonchev–Trinajstić information content (AvgIpc) is 2.06. The van der Waals surface area contributed by atoms with Gasteiger partial charge in [0.25, 0.3) is 0 Å². The molecule has 1 nitrogen and oxygen atoms in total. The monoisotopic (exact) mass is 252 g/mol. The third kappa shape index (κ3) is 4.22. The van der Waals surface area contributed by atoms with Crippen molar-refractivity contribution in [1.29, 1.82) is 0 Å². The molecule has 0 bridgehead atoms. The van der Waals surface area contributed by atoms with Gasteiger partial charge in [0, 0.05) is 11.3 Å². The molecule has 1 rings (SSSR count). The smallest absolute Gasteiger partial charge is 0.300 e. The van der Waals surface area contributed by atoms with E-state index >= 15 is 0 Å². The van der Waals surface area contributed by atoms with Crippen LogP contribution in [0.2, 0.25) is 0 Å². The SMILES string of the molecule is CC(=O)Cc1ccc(F)cc1SC(F)(F)F. The average molecular weight is 252 g/mol. The highest BCUT2D eigenvalue weighted by molar-refractivity contribution is 8.00. The lowest BCUT2D eigenvalue weighted by molar-refractivity contribution is -0.116. The molecule has 0 saturated carbocycles. The summed E-state index contributed by atoms with van der Waals surface area (Å²) >= 11 is -0.409. The number of ketones is 1. The quantitative estimate of drug-likeness (QED) is 0.604. The highest BCUT2D eigenvalue weighted by Gasteiger charge is 2.30. The molecule has 0 atom stereocenters. The molecule has 0 spiro atoms. The van der Waals surface area contributed by atoms with Gasteiger partial charge in [-0.25, -0.2) is 4.39 Å². The molecule has 0 amide bonds. The molecule has 6 heteroatoms. The maximum absolute atomic E-state index is 12.8. The summed E-state index contributed by atoms with van der Waals surface area (Å²) in [4.78, 5) is 10.6. The van der Waals surface area contributed by atoms with Gasteiger partial charge in [0.1, 0.15) is 11.6 Å². The zero-order valence-corrected chi connectivity index (χ0v) is 9.08. The number of rotatable bonds is 3. The fourth-order valence-electron chi connectivity index (χ4n) is 1.16. The van der Waals surface area contributed by atoms with Gasteiger partial charge in [0.15, 0.2) is 0 Å². The predicted octanol–water partition coefficient (Wildman–Crippen LogP) is 3.57. The third-order valence-electron chi connectivity index (χ3n) is 1.69. The number of hydrogen-bond acceptors (Lipinski definition) is 2. The van der Waals surface area contributed by atoms with Crippen molar-refractivity contribution in [1.82, 2.24) is 0 Å². The van der Waals surface area contributed by atoms with Crippen LogP contribution < -0.4 is 0 Å². The number of hydrogen-bond donors (Lipinski definition) is 0. The van der Waals surface area contributed by atoms with Crippen molar-refractivity contribution in [3.05, 3.63) is 29.6 Å². The Labute approximate surface area is 93.8 Å². The Hall–Kier alpha value is -1.04. The van der Waals surface area contributed by atoms with Crippen LogP contribution in [-0.4, -0.2) is 11.3 Å². The van der Waals surface area contributed by atoms with Crippen LogP contribution in [0.4, 0.5) is 17.6 Å². The van der Waals surface area contributed by atoms with E-state index < -0.39 is 23.1 Å². The Morgan fingerprint density at radius 1 is 1.38 bits per heavy atom. The number of alkyl halides is 3.